The van der Waals surface area contributed by atoms with Crippen molar-refractivity contribution in [1.82, 2.24) is 9.88 Å². The minimum absolute atomic E-state index is 0.0867. The molecule has 0 saturated heterocycles. The molecule has 2 heterocycles. The van der Waals surface area contributed by atoms with Gasteiger partial charge in [-0.2, -0.15) is 0 Å². The normalized spacial score (nSPS) is 21.9. The van der Waals surface area contributed by atoms with E-state index in [9.17, 15) is 4.79 Å². The van der Waals surface area contributed by atoms with E-state index >= 15 is 0 Å². The molecule has 4 heteroatoms. The molecule has 2 aromatic rings. The third-order valence-electron chi connectivity index (χ3n) is 5.65. The summed E-state index contributed by atoms with van der Waals surface area (Å²) in [7, 11) is 0. The Kier molecular flexibility index (Phi) is 4.31. The smallest absolute Gasteiger partial charge is 0.249 e. The maximum atomic E-state index is 12.7. The van der Waals surface area contributed by atoms with Gasteiger partial charge in [-0.3, -0.25) is 4.79 Å². The van der Waals surface area contributed by atoms with E-state index in [1.54, 1.807) is 0 Å². The molecule has 1 amide bonds. The predicted octanol–water partition coefficient (Wildman–Crippen LogP) is 3.96. The highest BCUT2D eigenvalue weighted by Gasteiger charge is 2.30. The number of aromatic amines is 1. The van der Waals surface area contributed by atoms with Gasteiger partial charge in [0.25, 0.3) is 0 Å². The second-order valence-electron chi connectivity index (χ2n) is 7.15. The number of hydrogen-bond acceptors (Lipinski definition) is 2. The number of hydrogen-bond donors (Lipinski definition) is 1. The van der Waals surface area contributed by atoms with Crippen LogP contribution in [0, 0.1) is 0 Å². The van der Waals surface area contributed by atoms with E-state index in [1.807, 2.05) is 4.90 Å². The Morgan fingerprint density at radius 1 is 1.25 bits per heavy atom. The molecule has 1 aliphatic heterocycles. The molecule has 2 aliphatic rings. The highest BCUT2D eigenvalue weighted by Crippen LogP contribution is 2.34. The van der Waals surface area contributed by atoms with Gasteiger partial charge in [-0.15, -0.1) is 0 Å². The Morgan fingerprint density at radius 2 is 2.04 bits per heavy atom. The molecule has 1 aromatic heterocycles. The van der Waals surface area contributed by atoms with Crippen molar-refractivity contribution in [2.24, 2.45) is 0 Å². The van der Waals surface area contributed by atoms with Crippen LogP contribution in [0.4, 0.5) is 0 Å². The highest BCUT2D eigenvalue weighted by molar-refractivity contribution is 5.86. The Labute approximate surface area is 143 Å². The summed E-state index contributed by atoms with van der Waals surface area (Å²) in [5.74, 6) is 0.123. The standard InChI is InChI=1S/C20H26N2O2/c1-14-20-17(16-9-5-6-10-18(16)21-20)11-12-22(14)19(23)13-24-15-7-3-2-4-8-15/h5-6,9-10,14-15,21H,2-4,7-8,11-13H2,1H3. The van der Waals surface area contributed by atoms with E-state index in [1.165, 1.54) is 41.4 Å². The molecule has 4 rings (SSSR count). The fourth-order valence-electron chi connectivity index (χ4n) is 4.27. The van der Waals surface area contributed by atoms with E-state index in [-0.39, 0.29) is 24.7 Å². The number of nitrogens with one attached hydrogen (secondary N) is 1. The molecular formula is C20H26N2O2. The van der Waals surface area contributed by atoms with Crippen molar-refractivity contribution in [3.63, 3.8) is 0 Å². The molecule has 4 nitrogen and oxygen atoms in total. The first-order chi connectivity index (χ1) is 11.7. The summed E-state index contributed by atoms with van der Waals surface area (Å²) >= 11 is 0. The van der Waals surface area contributed by atoms with Crippen molar-refractivity contribution in [3.05, 3.63) is 35.5 Å². The number of H-pyrrole nitrogens is 1. The van der Waals surface area contributed by atoms with Crippen molar-refractivity contribution >= 4 is 16.8 Å². The van der Waals surface area contributed by atoms with Gasteiger partial charge in [-0.25, -0.2) is 0 Å². The molecule has 1 aliphatic carbocycles. The molecular weight excluding hydrogens is 300 g/mol. The number of nitrogens with zero attached hydrogens (tertiary/aromatic N) is 1. The lowest BCUT2D eigenvalue weighted by Gasteiger charge is -2.34. The lowest BCUT2D eigenvalue weighted by Crippen LogP contribution is -2.41. The molecule has 24 heavy (non-hydrogen) atoms. The highest BCUT2D eigenvalue weighted by atomic mass is 16.5. The molecule has 0 bridgehead atoms. The number of aromatic nitrogens is 1. The first kappa shape index (κ1) is 15.7. The zero-order valence-corrected chi connectivity index (χ0v) is 14.4. The Hall–Kier alpha value is -1.81. The van der Waals surface area contributed by atoms with Crippen LogP contribution in [0.3, 0.4) is 0 Å². The quantitative estimate of drug-likeness (QED) is 0.928. The van der Waals surface area contributed by atoms with Crippen LogP contribution in [0.25, 0.3) is 10.9 Å². The largest absolute Gasteiger partial charge is 0.368 e. The van der Waals surface area contributed by atoms with Crippen LogP contribution in [0.5, 0.6) is 0 Å². The second-order valence-corrected chi connectivity index (χ2v) is 7.15. The van der Waals surface area contributed by atoms with Crippen LogP contribution in [0.2, 0.25) is 0 Å². The first-order valence-corrected chi connectivity index (χ1v) is 9.24. The minimum atomic E-state index is 0.0867. The SMILES string of the molecule is CC1c2[nH]c3ccccc3c2CCN1C(=O)COC1CCCCC1. The molecule has 1 N–H and O–H groups in total. The van der Waals surface area contributed by atoms with Crippen LogP contribution in [0.15, 0.2) is 24.3 Å². The van der Waals surface area contributed by atoms with Crippen LogP contribution in [0.1, 0.15) is 56.3 Å². The summed E-state index contributed by atoms with van der Waals surface area (Å²) in [5, 5.41) is 1.30. The Balaban J connectivity index is 1.46. The molecule has 1 unspecified atom stereocenters. The van der Waals surface area contributed by atoms with Crippen LogP contribution < -0.4 is 0 Å². The first-order valence-electron chi connectivity index (χ1n) is 9.24. The molecule has 1 saturated carbocycles. The molecule has 1 aromatic carbocycles. The van der Waals surface area contributed by atoms with Crippen molar-refractivity contribution < 1.29 is 9.53 Å². The predicted molar refractivity (Wildman–Crippen MR) is 95.0 cm³/mol. The van der Waals surface area contributed by atoms with Crippen molar-refractivity contribution in [3.8, 4) is 0 Å². The van der Waals surface area contributed by atoms with E-state index in [0.29, 0.717) is 0 Å². The zero-order chi connectivity index (χ0) is 16.5. The van der Waals surface area contributed by atoms with Crippen LogP contribution in [-0.2, 0) is 16.0 Å². The molecule has 1 atom stereocenters. The number of rotatable bonds is 3. The summed E-state index contributed by atoms with van der Waals surface area (Å²) in [6, 6.07) is 8.50. The minimum Gasteiger partial charge on any atom is -0.368 e. The fourth-order valence-corrected chi connectivity index (χ4v) is 4.27. The molecule has 128 valence electrons. The summed E-state index contributed by atoms with van der Waals surface area (Å²) < 4.78 is 5.89. The lowest BCUT2D eigenvalue weighted by molar-refractivity contribution is -0.141. The van der Waals surface area contributed by atoms with Gasteiger partial charge < -0.3 is 14.6 Å². The summed E-state index contributed by atoms with van der Waals surface area (Å²) in [5.41, 5.74) is 3.73. The van der Waals surface area contributed by atoms with Crippen molar-refractivity contribution in [2.75, 3.05) is 13.2 Å². The summed E-state index contributed by atoms with van der Waals surface area (Å²) in [6.07, 6.45) is 7.18. The Bertz CT molecular complexity index is 730. The summed E-state index contributed by atoms with van der Waals surface area (Å²) in [6.45, 7) is 3.12. The van der Waals surface area contributed by atoms with Crippen molar-refractivity contribution in [2.45, 2.75) is 57.6 Å². The van der Waals surface area contributed by atoms with Gasteiger partial charge in [-0.1, -0.05) is 37.5 Å². The third kappa shape index (κ3) is 2.84. The Morgan fingerprint density at radius 3 is 2.88 bits per heavy atom. The number of para-hydroxylation sites is 1. The number of carbonyl (C=O) groups excluding carboxylic acids is 1. The van der Waals surface area contributed by atoms with E-state index in [2.05, 4.69) is 36.2 Å². The van der Waals surface area contributed by atoms with Crippen LogP contribution >= 0.6 is 0 Å². The maximum absolute atomic E-state index is 12.7. The number of fused-ring (bicyclic) bond motifs is 3. The number of benzene rings is 1. The average Bonchev–Trinajstić information content (AvgIpc) is 3.01. The van der Waals surface area contributed by atoms with Gasteiger partial charge in [0, 0.05) is 23.1 Å². The number of ether oxygens (including phenoxy) is 1. The lowest BCUT2D eigenvalue weighted by atomic mass is 9.97. The topological polar surface area (TPSA) is 45.3 Å². The van der Waals surface area contributed by atoms with Gasteiger partial charge in [0.05, 0.1) is 12.1 Å². The van der Waals surface area contributed by atoms with Gasteiger partial charge >= 0.3 is 0 Å². The van der Waals surface area contributed by atoms with Gasteiger partial charge in [0.1, 0.15) is 6.61 Å². The average molecular weight is 326 g/mol. The zero-order valence-electron chi connectivity index (χ0n) is 14.4. The maximum Gasteiger partial charge on any atom is 0.249 e. The molecule has 0 spiro atoms. The second kappa shape index (κ2) is 6.60. The van der Waals surface area contributed by atoms with Crippen molar-refractivity contribution in [1.29, 1.82) is 0 Å². The van der Waals surface area contributed by atoms with Gasteiger partial charge in [-0.05, 0) is 37.8 Å². The van der Waals surface area contributed by atoms with Gasteiger partial charge in [0.15, 0.2) is 0 Å². The number of carbonyl (C=O) groups is 1. The summed E-state index contributed by atoms with van der Waals surface area (Å²) in [4.78, 5) is 18.2. The van der Waals surface area contributed by atoms with Crippen LogP contribution in [-0.4, -0.2) is 35.0 Å². The molecule has 1 fully saturated rings. The van der Waals surface area contributed by atoms with E-state index in [0.717, 1.165) is 25.8 Å². The number of amides is 1. The van der Waals surface area contributed by atoms with E-state index in [4.69, 9.17) is 4.74 Å². The monoisotopic (exact) mass is 326 g/mol. The molecule has 0 radical (unpaired) electrons. The van der Waals surface area contributed by atoms with E-state index < -0.39 is 0 Å². The fraction of sp³-hybridized carbons (Fsp3) is 0.550. The van der Waals surface area contributed by atoms with Gasteiger partial charge in [0.2, 0.25) is 5.91 Å². The third-order valence-corrected chi connectivity index (χ3v) is 5.65.